The Morgan fingerprint density at radius 1 is 0.507 bits per heavy atom. The zero-order valence-electron chi connectivity index (χ0n) is 44.9. The summed E-state index contributed by atoms with van der Waals surface area (Å²) in [5.74, 6) is 0. The van der Waals surface area contributed by atoms with E-state index < -0.39 is 0 Å². The van der Waals surface area contributed by atoms with Crippen LogP contribution < -0.4 is 26.2 Å². The summed E-state index contributed by atoms with van der Waals surface area (Å²) in [6, 6.07) is 49.6. The van der Waals surface area contributed by atoms with Crippen LogP contribution >= 0.6 is 0 Å². The topological polar surface area (TPSA) is 24.6 Å². The number of anilines is 6. The summed E-state index contributed by atoms with van der Waals surface area (Å²) >= 11 is 0. The van der Waals surface area contributed by atoms with Gasteiger partial charge in [0.25, 0.3) is 6.71 Å². The number of aromatic nitrogens is 1. The fourth-order valence-corrected chi connectivity index (χ4v) is 12.5. The van der Waals surface area contributed by atoms with Gasteiger partial charge in [0.2, 0.25) is 0 Å². The number of hydrogen-bond donors (Lipinski definition) is 0. The third-order valence-electron chi connectivity index (χ3n) is 16.8. The zero-order chi connectivity index (χ0) is 50.1. The Bertz CT molecular complexity index is 3610. The van der Waals surface area contributed by atoms with Gasteiger partial charge in [-0.2, -0.15) is 0 Å². The lowest BCUT2D eigenvalue weighted by molar-refractivity contribution is 0.332. The fraction of sp³-hybridized carbons (Fsp3) is 0.333. The van der Waals surface area contributed by atoms with Gasteiger partial charge >= 0.3 is 0 Å². The molecule has 2 aliphatic heterocycles. The molecule has 0 amide bonds. The number of fused-ring (bicyclic) bond motifs is 10. The molecule has 71 heavy (non-hydrogen) atoms. The second kappa shape index (κ2) is 15.0. The van der Waals surface area contributed by atoms with Crippen LogP contribution in [0.1, 0.15) is 142 Å². The molecule has 1 aliphatic carbocycles. The van der Waals surface area contributed by atoms with E-state index in [1.165, 1.54) is 95.4 Å². The third kappa shape index (κ3) is 6.92. The van der Waals surface area contributed by atoms with Gasteiger partial charge < -0.3 is 18.8 Å². The molecule has 0 saturated carbocycles. The van der Waals surface area contributed by atoms with Gasteiger partial charge in [-0.25, -0.2) is 0 Å². The van der Waals surface area contributed by atoms with Crippen molar-refractivity contribution in [1.29, 1.82) is 0 Å². The van der Waals surface area contributed by atoms with E-state index in [4.69, 9.17) is 4.42 Å². The van der Waals surface area contributed by atoms with Gasteiger partial charge in [-0.05, 0) is 182 Å². The van der Waals surface area contributed by atoms with Crippen molar-refractivity contribution in [2.75, 3.05) is 9.80 Å². The lowest BCUT2D eigenvalue weighted by atomic mass is 9.33. The molecule has 4 nitrogen and oxygen atoms in total. The van der Waals surface area contributed by atoms with E-state index in [1.807, 2.05) is 0 Å². The summed E-state index contributed by atoms with van der Waals surface area (Å²) in [6.45, 7) is 35.3. The van der Waals surface area contributed by atoms with Crippen LogP contribution in [0.2, 0.25) is 0 Å². The lowest BCUT2D eigenvalue weighted by Gasteiger charge is -2.45. The second-order valence-electron chi connectivity index (χ2n) is 25.9. The first kappa shape index (κ1) is 45.7. The molecular formula is C66H70BN3O. The highest BCUT2D eigenvalue weighted by Crippen LogP contribution is 2.52. The highest BCUT2D eigenvalue weighted by Gasteiger charge is 2.45. The Hall–Kier alpha value is -6.46. The molecule has 358 valence electrons. The predicted octanol–water partition coefficient (Wildman–Crippen LogP) is 16.5. The van der Waals surface area contributed by atoms with E-state index in [0.29, 0.717) is 0 Å². The molecule has 3 aliphatic rings. The molecule has 0 unspecified atom stereocenters. The van der Waals surface area contributed by atoms with Crippen LogP contribution in [-0.4, -0.2) is 11.3 Å². The first-order valence-corrected chi connectivity index (χ1v) is 26.2. The van der Waals surface area contributed by atoms with Crippen LogP contribution in [0, 0.1) is 13.8 Å². The third-order valence-corrected chi connectivity index (χ3v) is 16.8. The van der Waals surface area contributed by atoms with Gasteiger partial charge in [0.05, 0.1) is 5.52 Å². The fourth-order valence-electron chi connectivity index (χ4n) is 12.5. The van der Waals surface area contributed by atoms with E-state index in [-0.39, 0.29) is 33.8 Å². The highest BCUT2D eigenvalue weighted by molar-refractivity contribution is 7.00. The van der Waals surface area contributed by atoms with Gasteiger partial charge in [-0.3, -0.25) is 0 Å². The number of benzene rings is 7. The molecule has 0 spiro atoms. The molecular weight excluding hydrogens is 862 g/mol. The summed E-state index contributed by atoms with van der Waals surface area (Å²) in [5.41, 5.74) is 26.2. The molecule has 0 atom stereocenters. The molecule has 7 aromatic carbocycles. The minimum Gasteiger partial charge on any atom is -0.454 e. The van der Waals surface area contributed by atoms with Gasteiger partial charge in [0.15, 0.2) is 5.58 Å². The lowest BCUT2D eigenvalue weighted by Crippen LogP contribution is -2.60. The number of para-hydroxylation sites is 1. The number of aryl methyl sites for hydroxylation is 2. The maximum absolute atomic E-state index is 6.96. The van der Waals surface area contributed by atoms with E-state index in [2.05, 4.69) is 246 Å². The van der Waals surface area contributed by atoms with Crippen molar-refractivity contribution in [1.82, 2.24) is 4.57 Å². The first-order valence-electron chi connectivity index (χ1n) is 26.2. The summed E-state index contributed by atoms with van der Waals surface area (Å²) in [6.07, 6.45) is 2.33. The van der Waals surface area contributed by atoms with E-state index in [0.717, 1.165) is 45.6 Å². The van der Waals surface area contributed by atoms with E-state index in [1.54, 1.807) is 0 Å². The maximum Gasteiger partial charge on any atom is 0.252 e. The normalized spacial score (nSPS) is 15.9. The number of nitrogens with zero attached hydrogens (tertiary/aromatic N) is 3. The molecule has 0 fully saturated rings. The smallest absolute Gasteiger partial charge is 0.252 e. The van der Waals surface area contributed by atoms with Crippen LogP contribution in [0.5, 0.6) is 0 Å². The molecule has 5 heteroatoms. The van der Waals surface area contributed by atoms with Gasteiger partial charge in [-0.1, -0.05) is 145 Å². The van der Waals surface area contributed by atoms with Crippen LogP contribution in [0.25, 0.3) is 38.7 Å². The van der Waals surface area contributed by atoms with Gasteiger partial charge in [0, 0.05) is 50.6 Å². The average molecular weight is 932 g/mol. The number of furan rings is 1. The molecule has 2 aromatic heterocycles. The van der Waals surface area contributed by atoms with Crippen molar-refractivity contribution in [2.45, 2.75) is 144 Å². The molecule has 12 rings (SSSR count). The second-order valence-corrected chi connectivity index (χ2v) is 25.9. The van der Waals surface area contributed by atoms with E-state index in [9.17, 15) is 0 Å². The summed E-state index contributed by atoms with van der Waals surface area (Å²) in [7, 11) is 0. The van der Waals surface area contributed by atoms with Crippen molar-refractivity contribution in [2.24, 2.45) is 0 Å². The number of hydrogen-bond acceptors (Lipinski definition) is 3. The van der Waals surface area contributed by atoms with Gasteiger partial charge in [0.1, 0.15) is 11.1 Å². The predicted molar refractivity (Wildman–Crippen MR) is 305 cm³/mol. The molecule has 0 N–H and O–H groups in total. The first-order chi connectivity index (χ1) is 33.4. The highest BCUT2D eigenvalue weighted by atomic mass is 16.3. The van der Waals surface area contributed by atoms with Crippen molar-refractivity contribution < 1.29 is 4.42 Å². The Morgan fingerprint density at radius 2 is 1.07 bits per heavy atom. The minimum absolute atomic E-state index is 0.0256. The van der Waals surface area contributed by atoms with Crippen LogP contribution in [0.4, 0.5) is 34.1 Å². The Kier molecular flexibility index (Phi) is 9.68. The van der Waals surface area contributed by atoms with Crippen molar-refractivity contribution in [3.63, 3.8) is 0 Å². The summed E-state index contributed by atoms with van der Waals surface area (Å²) in [4.78, 5) is 5.14. The molecule has 0 bridgehead atoms. The monoisotopic (exact) mass is 932 g/mol. The maximum atomic E-state index is 6.96. The molecule has 0 radical (unpaired) electrons. The molecule has 0 saturated heterocycles. The molecule has 9 aromatic rings. The standard InChI is InChI=1S/C66H70BN3O/c1-39-32-55-58-56(33-39)70-59-48(61-60(70)47-18-16-17-19-57(47)71-61)35-43(64(9,10)11)36-52(59)67(58)51-29-28-46(37-54(51)69(55)53-38-50-49(34-40(53)2)65(12,13)30-31-66(50,14)15)68(44-24-20-41(21-25-44)62(3,4)5)45-26-22-42(23-27-45)63(6,7)8/h16-29,32-38H,30-31H2,1-15H3. The minimum atomic E-state index is -0.0959. The Morgan fingerprint density at radius 3 is 1.68 bits per heavy atom. The SMILES string of the molecule is Cc1cc2c3c(c1)-n1c4c(cc(C(C)(C)C)cc4c4oc5ccccc5c41)B3c1ccc(N(c3ccc(C(C)(C)C)cc3)c3ccc(C(C)(C)C)cc3)cc1N2c1cc2c(cc1C)C(C)(C)CCC2(C)C. The zero-order valence-corrected chi connectivity index (χ0v) is 44.9. The Balaban J connectivity index is 1.19. The average Bonchev–Trinajstić information content (AvgIpc) is 3.84. The quantitative estimate of drug-likeness (QED) is 0.164. The van der Waals surface area contributed by atoms with Gasteiger partial charge in [-0.15, -0.1) is 0 Å². The summed E-state index contributed by atoms with van der Waals surface area (Å²) in [5, 5.41) is 2.33. The Labute approximate surface area is 422 Å². The van der Waals surface area contributed by atoms with Crippen molar-refractivity contribution >= 4 is 90.2 Å². The largest absolute Gasteiger partial charge is 0.454 e. The molecule has 4 heterocycles. The van der Waals surface area contributed by atoms with E-state index >= 15 is 0 Å². The van der Waals surface area contributed by atoms with Crippen molar-refractivity contribution in [3.05, 3.63) is 166 Å². The summed E-state index contributed by atoms with van der Waals surface area (Å²) < 4.78 is 9.54. The van der Waals surface area contributed by atoms with Crippen LogP contribution in [0.3, 0.4) is 0 Å². The van der Waals surface area contributed by atoms with Crippen LogP contribution in [0.15, 0.2) is 132 Å². The van der Waals surface area contributed by atoms with Crippen molar-refractivity contribution in [3.8, 4) is 5.69 Å². The van der Waals surface area contributed by atoms with Crippen LogP contribution in [-0.2, 0) is 27.1 Å². The number of rotatable bonds is 4.